The van der Waals surface area contributed by atoms with Gasteiger partial charge >= 0.3 is 0 Å². The van der Waals surface area contributed by atoms with E-state index in [1.807, 2.05) is 0 Å². The first-order valence-electron chi connectivity index (χ1n) is 10.0. The van der Waals surface area contributed by atoms with Gasteiger partial charge in [0.25, 0.3) is 0 Å². The van der Waals surface area contributed by atoms with Gasteiger partial charge in [-0.25, -0.2) is 0 Å². The lowest BCUT2D eigenvalue weighted by Gasteiger charge is -2.46. The van der Waals surface area contributed by atoms with Crippen molar-refractivity contribution in [2.75, 3.05) is 6.26 Å². The minimum Gasteiger partial charge on any atom is -0.188 e. The molecule has 0 saturated carbocycles. The van der Waals surface area contributed by atoms with Gasteiger partial charge in [-0.3, -0.25) is 0 Å². The van der Waals surface area contributed by atoms with E-state index in [9.17, 15) is 0 Å². The number of rotatable bonds is 4. The first-order chi connectivity index (χ1) is 12.5. The van der Waals surface area contributed by atoms with Gasteiger partial charge in [0, 0.05) is 5.04 Å². The fourth-order valence-corrected chi connectivity index (χ4v) is 10.0. The molecular formula is C25H34SSi. The zero-order valence-electron chi connectivity index (χ0n) is 18.2. The average molecular weight is 395 g/mol. The summed E-state index contributed by atoms with van der Waals surface area (Å²) in [7, 11) is -1.63. The van der Waals surface area contributed by atoms with Gasteiger partial charge in [0.1, 0.15) is 7.22 Å². The van der Waals surface area contributed by atoms with E-state index in [1.165, 1.54) is 21.6 Å². The van der Waals surface area contributed by atoms with E-state index in [2.05, 4.69) is 120 Å². The molecule has 2 aromatic carbocycles. The van der Waals surface area contributed by atoms with Crippen LogP contribution >= 0.6 is 11.2 Å². The van der Waals surface area contributed by atoms with E-state index in [0.29, 0.717) is 5.92 Å². The Morgan fingerprint density at radius 2 is 1.52 bits per heavy atom. The number of benzene rings is 2. The molecule has 0 nitrogen and oxygen atoms in total. The Morgan fingerprint density at radius 3 is 2.04 bits per heavy atom. The second kappa shape index (κ2) is 6.97. The van der Waals surface area contributed by atoms with Crippen LogP contribution in [0, 0.1) is 5.92 Å². The topological polar surface area (TPSA) is 0 Å². The highest BCUT2D eigenvalue weighted by Crippen LogP contribution is 2.59. The molecule has 0 aromatic heterocycles. The van der Waals surface area contributed by atoms with Crippen molar-refractivity contribution >= 4 is 30.1 Å². The smallest absolute Gasteiger partial charge is 0.125 e. The standard InChI is InChI=1S/C25H34SSi/c1-18(2)25(27(7,8)26-6)17-20-11-9-10-12-22(20)23(25)19-13-15-21(16-14-19)24(3,4)5/h9-18H,1-8H3. The summed E-state index contributed by atoms with van der Waals surface area (Å²) in [5, 5.41) is 2.99. The molecule has 0 amide bonds. The molecule has 1 unspecified atom stereocenters. The third kappa shape index (κ3) is 3.25. The van der Waals surface area contributed by atoms with Gasteiger partial charge in [-0.05, 0) is 44.7 Å². The van der Waals surface area contributed by atoms with Crippen molar-refractivity contribution in [1.29, 1.82) is 0 Å². The van der Waals surface area contributed by atoms with E-state index in [4.69, 9.17) is 0 Å². The zero-order valence-corrected chi connectivity index (χ0v) is 20.0. The van der Waals surface area contributed by atoms with Gasteiger partial charge in [0.05, 0.1) is 0 Å². The summed E-state index contributed by atoms with van der Waals surface area (Å²) >= 11 is 2.11. The summed E-state index contributed by atoms with van der Waals surface area (Å²) in [5.74, 6) is 0.566. The third-order valence-corrected chi connectivity index (χ3v) is 14.5. The normalized spacial score (nSPS) is 20.0. The van der Waals surface area contributed by atoms with Crippen LogP contribution in [0.5, 0.6) is 0 Å². The summed E-state index contributed by atoms with van der Waals surface area (Å²) in [5.41, 5.74) is 4.54. The Hall–Kier alpha value is -1.25. The van der Waals surface area contributed by atoms with Gasteiger partial charge in [-0.2, -0.15) is 11.2 Å². The van der Waals surface area contributed by atoms with E-state index in [0.717, 1.165) is 0 Å². The minimum absolute atomic E-state index is 0.138. The van der Waals surface area contributed by atoms with Gasteiger partial charge in [0.15, 0.2) is 0 Å². The average Bonchev–Trinajstić information content (AvgIpc) is 2.98. The van der Waals surface area contributed by atoms with Crippen molar-refractivity contribution in [3.05, 3.63) is 70.1 Å². The fraction of sp³-hybridized carbons (Fsp3) is 0.440. The highest BCUT2D eigenvalue weighted by atomic mass is 32.4. The Kier molecular flexibility index (Phi) is 5.29. The van der Waals surface area contributed by atoms with Crippen LogP contribution < -0.4 is 10.4 Å². The van der Waals surface area contributed by atoms with Crippen molar-refractivity contribution in [2.24, 2.45) is 5.92 Å². The van der Waals surface area contributed by atoms with Gasteiger partial charge < -0.3 is 0 Å². The van der Waals surface area contributed by atoms with Crippen LogP contribution in [-0.2, 0) is 5.41 Å². The first kappa shape index (κ1) is 20.5. The number of hydrogen-bond acceptors (Lipinski definition) is 1. The lowest BCUT2D eigenvalue weighted by Crippen LogP contribution is -2.42. The largest absolute Gasteiger partial charge is 0.188 e. The van der Waals surface area contributed by atoms with Gasteiger partial charge in [0.2, 0.25) is 0 Å². The summed E-state index contributed by atoms with van der Waals surface area (Å²) in [4.78, 5) is 0. The number of hydrogen-bond donors (Lipinski definition) is 0. The second-order valence-electron chi connectivity index (χ2n) is 9.67. The van der Waals surface area contributed by atoms with E-state index >= 15 is 0 Å². The van der Waals surface area contributed by atoms with Crippen molar-refractivity contribution in [3.8, 4) is 0 Å². The summed E-state index contributed by atoms with van der Waals surface area (Å²) < 4.78 is 0. The molecule has 0 saturated heterocycles. The van der Waals surface area contributed by atoms with Crippen LogP contribution in [0.2, 0.25) is 18.1 Å². The molecular weight excluding hydrogens is 360 g/mol. The Labute approximate surface area is 170 Å². The molecule has 3 rings (SSSR count). The molecule has 1 aliphatic rings. The minimum atomic E-state index is -1.63. The molecule has 1 atom stereocenters. The summed E-state index contributed by atoms with van der Waals surface area (Å²) in [6.07, 6.45) is 4.93. The SMILES string of the molecule is CS[Si](C)(C)C1(C(C)C)C=c2ccccc2=C1c1ccc(C(C)(C)C)cc1. The van der Waals surface area contributed by atoms with Crippen molar-refractivity contribution in [1.82, 2.24) is 0 Å². The van der Waals surface area contributed by atoms with Crippen molar-refractivity contribution < 1.29 is 0 Å². The van der Waals surface area contributed by atoms with Crippen molar-refractivity contribution in [2.45, 2.75) is 58.2 Å². The van der Waals surface area contributed by atoms with Crippen molar-refractivity contribution in [3.63, 3.8) is 0 Å². The van der Waals surface area contributed by atoms with E-state index in [1.54, 1.807) is 5.57 Å². The molecule has 0 heterocycles. The van der Waals surface area contributed by atoms with Crippen LogP contribution in [0.15, 0.2) is 48.5 Å². The van der Waals surface area contributed by atoms with Crippen LogP contribution in [0.4, 0.5) is 0 Å². The molecule has 1 aliphatic carbocycles. The third-order valence-electron chi connectivity index (χ3n) is 6.48. The van der Waals surface area contributed by atoms with Gasteiger partial charge in [-0.15, -0.1) is 0 Å². The molecule has 2 heteroatoms. The zero-order chi connectivity index (χ0) is 20.0. The monoisotopic (exact) mass is 394 g/mol. The second-order valence-corrected chi connectivity index (χ2v) is 18.2. The molecule has 0 N–H and O–H groups in total. The molecule has 0 aliphatic heterocycles. The summed E-state index contributed by atoms with van der Waals surface area (Å²) in [6.45, 7) is 16.8. The quantitative estimate of drug-likeness (QED) is 0.578. The Bertz CT molecular complexity index is 945. The van der Waals surface area contributed by atoms with Crippen LogP contribution in [0.25, 0.3) is 11.6 Å². The maximum atomic E-state index is 2.61. The van der Waals surface area contributed by atoms with Crippen LogP contribution in [0.1, 0.15) is 45.7 Å². The maximum absolute atomic E-state index is 2.61. The van der Waals surface area contributed by atoms with E-state index in [-0.39, 0.29) is 10.5 Å². The molecule has 0 fully saturated rings. The Balaban J connectivity index is 2.34. The fourth-order valence-electron chi connectivity index (χ4n) is 4.72. The van der Waals surface area contributed by atoms with Gasteiger partial charge in [-0.1, -0.05) is 102 Å². The maximum Gasteiger partial charge on any atom is 0.125 e. The molecule has 2 aromatic rings. The van der Waals surface area contributed by atoms with E-state index < -0.39 is 7.22 Å². The molecule has 27 heavy (non-hydrogen) atoms. The van der Waals surface area contributed by atoms with Crippen LogP contribution in [0.3, 0.4) is 0 Å². The molecule has 144 valence electrons. The number of fused-ring (bicyclic) bond motifs is 1. The lowest BCUT2D eigenvalue weighted by atomic mass is 9.82. The summed E-state index contributed by atoms with van der Waals surface area (Å²) in [6, 6.07) is 18.4. The highest BCUT2D eigenvalue weighted by molar-refractivity contribution is 8.28. The molecule has 0 spiro atoms. The Morgan fingerprint density at radius 1 is 0.926 bits per heavy atom. The highest BCUT2D eigenvalue weighted by Gasteiger charge is 2.51. The first-order valence-corrected chi connectivity index (χ1v) is 15.0. The van der Waals surface area contributed by atoms with Crippen LogP contribution in [-0.4, -0.2) is 13.5 Å². The lowest BCUT2D eigenvalue weighted by molar-refractivity contribution is 0.587. The molecule has 0 bridgehead atoms. The predicted molar refractivity (Wildman–Crippen MR) is 126 cm³/mol. The molecule has 0 radical (unpaired) electrons. The predicted octanol–water partition coefficient (Wildman–Crippen LogP) is 5.94.